The standard InChI is InChI=1S/C46H41Cl5N8O8/c1-23(49)31-20-30(52-45(64)39(24(2)60)58-56-37-18-26(12-15-32(37)50)43(62)54-35-10-6-8-28(21-47)41(35)66-4)14-17-34(31)53-46(65)40(25(3)61)59-57-38-19-27(13-16-33(38)51)44(63)55-36-11-7-9-29(22-48)42(36)67-5/h6-20,23,39-40H,21-22H2,1-5H3,(H,52,64)(H,53,65)(H,54,62)(H,55,63). The number of hydrogen-bond donors (Lipinski definition) is 4. The van der Waals surface area contributed by atoms with Crippen molar-refractivity contribution < 1.29 is 38.2 Å². The van der Waals surface area contributed by atoms with Gasteiger partial charge in [0.2, 0.25) is 12.1 Å². The highest BCUT2D eigenvalue weighted by molar-refractivity contribution is 6.33. The first-order chi connectivity index (χ1) is 32.0. The van der Waals surface area contributed by atoms with Crippen molar-refractivity contribution in [2.75, 3.05) is 35.5 Å². The van der Waals surface area contributed by atoms with Gasteiger partial charge in [0.25, 0.3) is 23.6 Å². The molecule has 5 aromatic rings. The molecule has 0 aliphatic heterocycles. The number of amides is 4. The van der Waals surface area contributed by atoms with Crippen LogP contribution >= 0.6 is 58.0 Å². The lowest BCUT2D eigenvalue weighted by Crippen LogP contribution is -2.32. The van der Waals surface area contributed by atoms with Crippen molar-refractivity contribution in [3.05, 3.63) is 129 Å². The Morgan fingerprint density at radius 2 is 1.03 bits per heavy atom. The van der Waals surface area contributed by atoms with Crippen molar-refractivity contribution in [2.24, 2.45) is 20.5 Å². The smallest absolute Gasteiger partial charge is 0.258 e. The molecule has 3 unspecified atom stereocenters. The van der Waals surface area contributed by atoms with Crippen molar-refractivity contribution in [1.82, 2.24) is 0 Å². The minimum Gasteiger partial charge on any atom is -0.494 e. The van der Waals surface area contributed by atoms with Crippen LogP contribution in [0.5, 0.6) is 11.5 Å². The second-order valence-corrected chi connectivity index (χ2v) is 16.4. The van der Waals surface area contributed by atoms with Gasteiger partial charge in [-0.15, -0.1) is 34.8 Å². The molecule has 0 fully saturated rings. The van der Waals surface area contributed by atoms with E-state index in [1.807, 2.05) is 0 Å². The van der Waals surface area contributed by atoms with Crippen LogP contribution in [0.3, 0.4) is 0 Å². The molecule has 0 saturated carbocycles. The number of nitrogens with one attached hydrogen (secondary N) is 4. The maximum Gasteiger partial charge on any atom is 0.258 e. The third-order valence-corrected chi connectivity index (χ3v) is 11.1. The Morgan fingerprint density at radius 3 is 1.43 bits per heavy atom. The first-order valence-corrected chi connectivity index (χ1v) is 22.1. The summed E-state index contributed by atoms with van der Waals surface area (Å²) in [4.78, 5) is 78.8. The van der Waals surface area contributed by atoms with E-state index in [4.69, 9.17) is 67.5 Å². The molecule has 3 atom stereocenters. The van der Waals surface area contributed by atoms with E-state index >= 15 is 0 Å². The Balaban J connectivity index is 1.29. The largest absolute Gasteiger partial charge is 0.494 e. The molecule has 0 aromatic heterocycles. The average molecular weight is 1010 g/mol. The normalized spacial score (nSPS) is 12.5. The number of methoxy groups -OCH3 is 2. The number of carbonyl (C=O) groups is 6. The number of alkyl halides is 3. The Labute approximate surface area is 409 Å². The van der Waals surface area contributed by atoms with Gasteiger partial charge in [0.05, 0.1) is 52.8 Å². The molecule has 0 saturated heterocycles. The summed E-state index contributed by atoms with van der Waals surface area (Å²) in [6.07, 6.45) is 0. The van der Waals surface area contributed by atoms with Crippen LogP contribution in [0.15, 0.2) is 111 Å². The summed E-state index contributed by atoms with van der Waals surface area (Å²) in [7, 11) is 2.90. The van der Waals surface area contributed by atoms with Crippen LogP contribution in [0.25, 0.3) is 0 Å². The second-order valence-electron chi connectivity index (χ2n) is 14.4. The molecule has 0 radical (unpaired) electrons. The van der Waals surface area contributed by atoms with Gasteiger partial charge in [0.1, 0.15) is 22.9 Å². The van der Waals surface area contributed by atoms with E-state index in [0.29, 0.717) is 39.6 Å². The van der Waals surface area contributed by atoms with Crippen LogP contribution < -0.4 is 30.7 Å². The number of para-hydroxylation sites is 2. The highest BCUT2D eigenvalue weighted by atomic mass is 35.5. The number of rotatable bonds is 19. The van der Waals surface area contributed by atoms with Gasteiger partial charge >= 0.3 is 0 Å². The topological polar surface area (TPSA) is 218 Å². The van der Waals surface area contributed by atoms with Gasteiger partial charge in [0, 0.05) is 33.6 Å². The van der Waals surface area contributed by atoms with Crippen LogP contribution in [0.4, 0.5) is 34.1 Å². The number of hydrogen-bond acceptors (Lipinski definition) is 12. The lowest BCUT2D eigenvalue weighted by molar-refractivity contribution is -0.127. The van der Waals surface area contributed by atoms with Gasteiger partial charge in [-0.25, -0.2) is 0 Å². The monoisotopic (exact) mass is 1010 g/mol. The van der Waals surface area contributed by atoms with Crippen molar-refractivity contribution in [3.8, 4) is 11.5 Å². The number of halogens is 5. The highest BCUT2D eigenvalue weighted by Crippen LogP contribution is 2.35. The molecular formula is C46H41Cl5N8O8. The van der Waals surface area contributed by atoms with Gasteiger partial charge < -0.3 is 30.7 Å². The number of Topliss-reactive ketones (excluding diaryl/α,β-unsaturated/α-hetero) is 2. The van der Waals surface area contributed by atoms with Crippen LogP contribution in [-0.2, 0) is 30.9 Å². The molecule has 0 aliphatic rings. The number of ketones is 2. The maximum absolute atomic E-state index is 13.5. The van der Waals surface area contributed by atoms with E-state index in [-0.39, 0.29) is 55.7 Å². The Morgan fingerprint density at radius 1 is 0.582 bits per heavy atom. The van der Waals surface area contributed by atoms with Gasteiger partial charge in [-0.1, -0.05) is 47.5 Å². The second kappa shape index (κ2) is 23.8. The number of benzene rings is 5. The number of anilines is 4. The summed E-state index contributed by atoms with van der Waals surface area (Å²) in [6, 6.07) is 19.6. The fraction of sp³-hybridized carbons (Fsp3) is 0.217. The Kier molecular flexibility index (Phi) is 18.3. The van der Waals surface area contributed by atoms with Gasteiger partial charge in [-0.05, 0) is 93.1 Å². The summed E-state index contributed by atoms with van der Waals surface area (Å²) in [5.74, 6) is -3.05. The molecule has 4 N–H and O–H groups in total. The summed E-state index contributed by atoms with van der Waals surface area (Å²) >= 11 is 31.3. The predicted octanol–water partition coefficient (Wildman–Crippen LogP) is 11.7. The molecule has 4 amide bonds. The van der Waals surface area contributed by atoms with E-state index in [1.54, 1.807) is 43.3 Å². The number of carbonyl (C=O) groups excluding carboxylic acids is 6. The van der Waals surface area contributed by atoms with Gasteiger partial charge in [-0.3, -0.25) is 28.8 Å². The minimum atomic E-state index is -1.66. The first kappa shape index (κ1) is 51.6. The summed E-state index contributed by atoms with van der Waals surface area (Å²) < 4.78 is 10.9. The highest BCUT2D eigenvalue weighted by Gasteiger charge is 2.27. The molecule has 5 aromatic carbocycles. The lowest BCUT2D eigenvalue weighted by Gasteiger charge is -2.17. The molecule has 5 rings (SSSR count). The third kappa shape index (κ3) is 13.1. The number of azo groups is 2. The summed E-state index contributed by atoms with van der Waals surface area (Å²) in [6.45, 7) is 3.90. The van der Waals surface area contributed by atoms with Crippen LogP contribution in [-0.4, -0.2) is 61.5 Å². The molecule has 0 spiro atoms. The molecule has 21 heteroatoms. The minimum absolute atomic E-state index is 0.000553. The molecule has 348 valence electrons. The molecule has 0 bridgehead atoms. The van der Waals surface area contributed by atoms with Crippen LogP contribution in [0.1, 0.15) is 63.6 Å². The summed E-state index contributed by atoms with van der Waals surface area (Å²) in [5, 5.41) is 26.2. The Bertz CT molecular complexity index is 2790. The Hall–Kier alpha value is -6.43. The number of nitrogens with zero attached hydrogens (tertiary/aromatic N) is 4. The zero-order chi connectivity index (χ0) is 48.9. The van der Waals surface area contributed by atoms with E-state index in [0.717, 1.165) is 13.8 Å². The third-order valence-electron chi connectivity index (χ3n) is 9.64. The number of ether oxygens (including phenoxy) is 2. The quantitative estimate of drug-likeness (QED) is 0.0353. The van der Waals surface area contributed by atoms with E-state index < -0.39 is 52.7 Å². The van der Waals surface area contributed by atoms with Crippen molar-refractivity contribution >= 4 is 127 Å². The van der Waals surface area contributed by atoms with Crippen molar-refractivity contribution in [1.29, 1.82) is 0 Å². The zero-order valence-corrected chi connectivity index (χ0v) is 40.0. The molecule has 0 aliphatic carbocycles. The molecular weight excluding hydrogens is 970 g/mol. The average Bonchev–Trinajstić information content (AvgIpc) is 3.30. The van der Waals surface area contributed by atoms with E-state index in [9.17, 15) is 28.8 Å². The fourth-order valence-corrected chi connectivity index (χ4v) is 7.19. The van der Waals surface area contributed by atoms with Crippen molar-refractivity contribution in [3.63, 3.8) is 0 Å². The lowest BCUT2D eigenvalue weighted by atomic mass is 10.1. The fourth-order valence-electron chi connectivity index (χ4n) is 6.28. The van der Waals surface area contributed by atoms with Crippen LogP contribution in [0.2, 0.25) is 10.0 Å². The van der Waals surface area contributed by atoms with Gasteiger partial charge in [0.15, 0.2) is 11.6 Å². The van der Waals surface area contributed by atoms with Gasteiger partial charge in [-0.2, -0.15) is 20.5 Å². The predicted molar refractivity (Wildman–Crippen MR) is 260 cm³/mol. The molecule has 67 heavy (non-hydrogen) atoms. The molecule has 0 heterocycles. The van der Waals surface area contributed by atoms with E-state index in [2.05, 4.69) is 41.7 Å². The maximum atomic E-state index is 13.5. The van der Waals surface area contributed by atoms with E-state index in [1.165, 1.54) is 68.8 Å². The SMILES string of the molecule is COc1c(CCl)cccc1NC(=O)c1ccc(Cl)c(N=NC(C(C)=O)C(=O)Nc2ccc(NC(=O)C(N=Nc3cc(C(=O)Nc4cccc(CCl)c4OC)ccc3Cl)C(C)=O)c(C(C)Cl)c2)c1. The van der Waals surface area contributed by atoms with Crippen molar-refractivity contribution in [2.45, 2.75) is 50.0 Å². The summed E-state index contributed by atoms with van der Waals surface area (Å²) in [5.41, 5.74) is 3.02. The first-order valence-electron chi connectivity index (χ1n) is 19.9. The molecule has 16 nitrogen and oxygen atoms in total. The zero-order valence-electron chi connectivity index (χ0n) is 36.3. The van der Waals surface area contributed by atoms with Crippen LogP contribution in [0, 0.1) is 0 Å².